The Kier molecular flexibility index (Phi) is 4.18. The highest BCUT2D eigenvalue weighted by Gasteiger charge is 1.98. The third-order valence-corrected chi connectivity index (χ3v) is 2.55. The maximum Gasteiger partial charge on any atom is 0.234 e. The summed E-state index contributed by atoms with van der Waals surface area (Å²) in [6, 6.07) is 7.71. The van der Waals surface area contributed by atoms with E-state index in [0.717, 1.165) is 5.69 Å². The molecule has 1 rings (SSSR count). The Morgan fingerprint density at radius 3 is 2.54 bits per heavy atom. The number of carbonyl (C=O) groups is 1. The predicted octanol–water partition coefficient (Wildman–Crippen LogP) is 2.28. The van der Waals surface area contributed by atoms with Gasteiger partial charge in [-0.25, -0.2) is 0 Å². The number of hydrogen-bond donors (Lipinski definition) is 2. The van der Waals surface area contributed by atoms with Crippen LogP contribution in [0.3, 0.4) is 0 Å². The van der Waals surface area contributed by atoms with Gasteiger partial charge in [0.05, 0.1) is 5.75 Å². The molecule has 0 saturated heterocycles. The number of thioether (sulfide) groups is 1. The summed E-state index contributed by atoms with van der Waals surface area (Å²) < 4.78 is 0. The third kappa shape index (κ3) is 3.32. The summed E-state index contributed by atoms with van der Waals surface area (Å²) in [6.07, 6.45) is 2.02. The summed E-state index contributed by atoms with van der Waals surface area (Å²) in [7, 11) is 0. The van der Waals surface area contributed by atoms with Crippen molar-refractivity contribution in [1.29, 1.82) is 0 Å². The first kappa shape index (κ1) is 10.5. The quantitative estimate of drug-likeness (QED) is 0.596. The largest absolute Gasteiger partial charge is 0.325 e. The fourth-order valence-corrected chi connectivity index (χ4v) is 1.36. The van der Waals surface area contributed by atoms with Gasteiger partial charge in [-0.3, -0.25) is 4.79 Å². The molecule has 0 saturated carbocycles. The van der Waals surface area contributed by atoms with Gasteiger partial charge >= 0.3 is 0 Å². The normalized spacial score (nSPS) is 9.69. The van der Waals surface area contributed by atoms with Crippen molar-refractivity contribution in [3.05, 3.63) is 24.3 Å². The molecular weight excluding hydrogens is 202 g/mol. The highest BCUT2D eigenvalue weighted by atomic mass is 32.2. The summed E-state index contributed by atoms with van der Waals surface area (Å²) in [6.45, 7) is 0. The number of amides is 1. The molecule has 2 nitrogen and oxygen atoms in total. The van der Waals surface area contributed by atoms with E-state index in [9.17, 15) is 4.79 Å². The maximum atomic E-state index is 10.9. The molecule has 0 spiro atoms. The number of hydrogen-bond acceptors (Lipinski definition) is 3. The number of nitrogens with one attached hydrogen (secondary N) is 1. The first-order valence-corrected chi connectivity index (χ1v) is 5.66. The molecule has 0 unspecified atom stereocenters. The van der Waals surface area contributed by atoms with E-state index in [1.807, 2.05) is 30.5 Å². The first-order chi connectivity index (χ1) is 6.26. The standard InChI is InChI=1S/C9H11NOS2/c1-13-8-4-2-7(3-5-8)10-9(11)6-12/h2-5,12H,6H2,1H3,(H,10,11). The molecule has 70 valence electrons. The molecule has 4 heteroatoms. The highest BCUT2D eigenvalue weighted by molar-refractivity contribution is 7.98. The van der Waals surface area contributed by atoms with E-state index in [2.05, 4.69) is 17.9 Å². The Labute approximate surface area is 87.5 Å². The Morgan fingerprint density at radius 2 is 2.08 bits per heavy atom. The van der Waals surface area contributed by atoms with E-state index >= 15 is 0 Å². The van der Waals surface area contributed by atoms with E-state index in [1.54, 1.807) is 11.8 Å². The van der Waals surface area contributed by atoms with E-state index < -0.39 is 0 Å². The fourth-order valence-electron chi connectivity index (χ4n) is 0.875. The van der Waals surface area contributed by atoms with Crippen molar-refractivity contribution in [2.45, 2.75) is 4.90 Å². The van der Waals surface area contributed by atoms with Gasteiger partial charge in [-0.15, -0.1) is 11.8 Å². The molecule has 0 bridgehead atoms. The van der Waals surface area contributed by atoms with Gasteiger partial charge in [0.25, 0.3) is 0 Å². The lowest BCUT2D eigenvalue weighted by Crippen LogP contribution is -2.12. The van der Waals surface area contributed by atoms with Crippen molar-refractivity contribution in [3.8, 4) is 0 Å². The number of anilines is 1. The average molecular weight is 213 g/mol. The minimum atomic E-state index is -0.0831. The molecule has 1 N–H and O–H groups in total. The lowest BCUT2D eigenvalue weighted by Gasteiger charge is -2.03. The molecule has 1 amide bonds. The van der Waals surface area contributed by atoms with Crippen LogP contribution in [0.2, 0.25) is 0 Å². The second kappa shape index (κ2) is 5.19. The summed E-state index contributed by atoms with van der Waals surface area (Å²) in [4.78, 5) is 12.1. The fraction of sp³-hybridized carbons (Fsp3) is 0.222. The van der Waals surface area contributed by atoms with Crippen LogP contribution in [0.4, 0.5) is 5.69 Å². The van der Waals surface area contributed by atoms with Crippen molar-refractivity contribution in [1.82, 2.24) is 0 Å². The number of benzene rings is 1. The lowest BCUT2D eigenvalue weighted by atomic mass is 10.3. The Balaban J connectivity index is 2.64. The van der Waals surface area contributed by atoms with Crippen LogP contribution in [0, 0.1) is 0 Å². The monoisotopic (exact) mass is 213 g/mol. The van der Waals surface area contributed by atoms with Crippen molar-refractivity contribution in [2.75, 3.05) is 17.3 Å². The molecule has 0 radical (unpaired) electrons. The third-order valence-electron chi connectivity index (χ3n) is 1.52. The van der Waals surface area contributed by atoms with Gasteiger partial charge in [0.2, 0.25) is 5.91 Å². The molecule has 0 atom stereocenters. The molecule has 0 aliphatic carbocycles. The van der Waals surface area contributed by atoms with Gasteiger partial charge in [-0.2, -0.15) is 12.6 Å². The van der Waals surface area contributed by atoms with E-state index in [-0.39, 0.29) is 11.7 Å². The van der Waals surface area contributed by atoms with E-state index in [4.69, 9.17) is 0 Å². The molecule has 1 aromatic carbocycles. The minimum Gasteiger partial charge on any atom is -0.325 e. The Bertz CT molecular complexity index is 284. The zero-order valence-corrected chi connectivity index (χ0v) is 8.99. The van der Waals surface area contributed by atoms with Crippen LogP contribution in [0.25, 0.3) is 0 Å². The van der Waals surface area contributed by atoms with Gasteiger partial charge in [-0.1, -0.05) is 0 Å². The van der Waals surface area contributed by atoms with Crippen LogP contribution in [-0.2, 0) is 4.79 Å². The van der Waals surface area contributed by atoms with Crippen molar-refractivity contribution in [2.24, 2.45) is 0 Å². The second-order valence-electron chi connectivity index (χ2n) is 2.43. The van der Waals surface area contributed by atoms with Crippen LogP contribution >= 0.6 is 24.4 Å². The van der Waals surface area contributed by atoms with Gasteiger partial charge in [0.1, 0.15) is 0 Å². The molecule has 0 aromatic heterocycles. The van der Waals surface area contributed by atoms with Crippen molar-refractivity contribution < 1.29 is 4.79 Å². The Morgan fingerprint density at radius 1 is 1.46 bits per heavy atom. The van der Waals surface area contributed by atoms with E-state index in [0.29, 0.717) is 0 Å². The van der Waals surface area contributed by atoms with Crippen molar-refractivity contribution in [3.63, 3.8) is 0 Å². The highest BCUT2D eigenvalue weighted by Crippen LogP contribution is 2.17. The maximum absolute atomic E-state index is 10.9. The van der Waals surface area contributed by atoms with Gasteiger partial charge in [-0.05, 0) is 30.5 Å². The van der Waals surface area contributed by atoms with Crippen LogP contribution in [0.1, 0.15) is 0 Å². The van der Waals surface area contributed by atoms with Crippen LogP contribution < -0.4 is 5.32 Å². The van der Waals surface area contributed by atoms with Crippen LogP contribution in [0.15, 0.2) is 29.2 Å². The van der Waals surface area contributed by atoms with Gasteiger partial charge in [0, 0.05) is 10.6 Å². The smallest absolute Gasteiger partial charge is 0.234 e. The topological polar surface area (TPSA) is 29.1 Å². The summed E-state index contributed by atoms with van der Waals surface area (Å²) >= 11 is 5.54. The molecule has 0 heterocycles. The zero-order chi connectivity index (χ0) is 9.68. The molecule has 13 heavy (non-hydrogen) atoms. The molecule has 0 aliphatic rings. The molecular formula is C9H11NOS2. The SMILES string of the molecule is CSc1ccc(NC(=O)CS)cc1. The first-order valence-electron chi connectivity index (χ1n) is 3.81. The number of carbonyl (C=O) groups excluding carboxylic acids is 1. The minimum absolute atomic E-state index is 0.0831. The number of rotatable bonds is 3. The molecule has 0 fully saturated rings. The van der Waals surface area contributed by atoms with Gasteiger partial charge in [0.15, 0.2) is 0 Å². The van der Waals surface area contributed by atoms with Crippen molar-refractivity contribution >= 4 is 36.0 Å². The molecule has 0 aliphatic heterocycles. The van der Waals surface area contributed by atoms with Crippen LogP contribution in [-0.4, -0.2) is 17.9 Å². The predicted molar refractivity (Wildman–Crippen MR) is 60.7 cm³/mol. The number of thiol groups is 1. The van der Waals surface area contributed by atoms with E-state index in [1.165, 1.54) is 4.90 Å². The lowest BCUT2D eigenvalue weighted by molar-refractivity contribution is -0.113. The van der Waals surface area contributed by atoms with Gasteiger partial charge < -0.3 is 5.32 Å². The zero-order valence-electron chi connectivity index (χ0n) is 7.28. The Hall–Kier alpha value is -0.610. The summed E-state index contributed by atoms with van der Waals surface area (Å²) in [5, 5.41) is 2.72. The summed E-state index contributed by atoms with van der Waals surface area (Å²) in [5.74, 6) is 0.129. The van der Waals surface area contributed by atoms with Crippen LogP contribution in [0.5, 0.6) is 0 Å². The summed E-state index contributed by atoms with van der Waals surface area (Å²) in [5.41, 5.74) is 0.817. The average Bonchev–Trinajstić information content (AvgIpc) is 2.19. The second-order valence-corrected chi connectivity index (χ2v) is 3.63. The molecule has 1 aromatic rings.